The molecule has 32 heavy (non-hydrogen) atoms. The molecule has 0 radical (unpaired) electrons. The molecule has 1 saturated heterocycles. The average molecular weight is 477 g/mol. The molecular weight excluding hydrogens is 457 g/mol. The number of anilines is 1. The first-order valence-corrected chi connectivity index (χ1v) is 11.0. The molecule has 1 aliphatic rings. The fourth-order valence-electron chi connectivity index (χ4n) is 3.53. The van der Waals surface area contributed by atoms with Crippen molar-refractivity contribution in [1.29, 1.82) is 0 Å². The lowest BCUT2D eigenvalue weighted by Gasteiger charge is -2.36. The number of amides is 1. The van der Waals surface area contributed by atoms with Crippen molar-refractivity contribution >= 4 is 21.6 Å². The van der Waals surface area contributed by atoms with E-state index in [9.17, 15) is 35.2 Å². The Morgan fingerprint density at radius 1 is 0.969 bits per heavy atom. The van der Waals surface area contributed by atoms with E-state index >= 15 is 0 Å². The smallest absolute Gasteiger partial charge is 0.368 e. The lowest BCUT2D eigenvalue weighted by Crippen LogP contribution is -2.49. The van der Waals surface area contributed by atoms with Gasteiger partial charge in [0.15, 0.2) is 0 Å². The Balaban J connectivity index is 1.79. The van der Waals surface area contributed by atoms with Crippen molar-refractivity contribution in [1.82, 2.24) is 4.90 Å². The molecule has 0 unspecified atom stereocenters. The SMILES string of the molecule is NS(=O)(=O)c1cc(CF)c(CF)c(C(=O)N2CCN(c3ccc(C(F)(F)F)cc3)CC2)c1. The van der Waals surface area contributed by atoms with Crippen molar-refractivity contribution < 1.29 is 35.2 Å². The number of piperazine rings is 1. The molecule has 0 aliphatic carbocycles. The number of carbonyl (C=O) groups excluding carboxylic acids is 1. The molecule has 0 spiro atoms. The van der Waals surface area contributed by atoms with Gasteiger partial charge in [0.25, 0.3) is 5.91 Å². The number of sulfonamides is 1. The van der Waals surface area contributed by atoms with Crippen LogP contribution in [0.25, 0.3) is 0 Å². The van der Waals surface area contributed by atoms with E-state index in [-0.39, 0.29) is 42.9 Å². The number of nitrogens with zero attached hydrogens (tertiary/aromatic N) is 2. The second-order valence-corrected chi connectivity index (χ2v) is 8.81. The molecule has 1 heterocycles. The molecule has 12 heteroatoms. The van der Waals surface area contributed by atoms with E-state index in [1.165, 1.54) is 17.0 Å². The summed E-state index contributed by atoms with van der Waals surface area (Å²) in [5, 5.41) is 5.09. The Hall–Kier alpha value is -2.73. The zero-order chi connectivity index (χ0) is 23.7. The second kappa shape index (κ2) is 9.02. The van der Waals surface area contributed by atoms with Crippen LogP contribution in [0, 0.1) is 0 Å². The minimum absolute atomic E-state index is 0.149. The lowest BCUT2D eigenvalue weighted by molar-refractivity contribution is -0.137. The number of primary sulfonamides is 1. The van der Waals surface area contributed by atoms with Crippen molar-refractivity contribution in [3.8, 4) is 0 Å². The zero-order valence-corrected chi connectivity index (χ0v) is 17.5. The van der Waals surface area contributed by atoms with Crippen molar-refractivity contribution in [2.75, 3.05) is 31.1 Å². The van der Waals surface area contributed by atoms with Crippen LogP contribution in [0.3, 0.4) is 0 Å². The highest BCUT2D eigenvalue weighted by molar-refractivity contribution is 7.89. The highest BCUT2D eigenvalue weighted by atomic mass is 32.2. The van der Waals surface area contributed by atoms with Gasteiger partial charge in [0.1, 0.15) is 13.3 Å². The molecule has 1 amide bonds. The number of alkyl halides is 5. The first-order chi connectivity index (χ1) is 15.0. The van der Waals surface area contributed by atoms with Gasteiger partial charge >= 0.3 is 6.18 Å². The summed E-state index contributed by atoms with van der Waals surface area (Å²) in [6, 6.07) is 6.46. The van der Waals surface area contributed by atoms with Crippen molar-refractivity contribution in [3.05, 3.63) is 58.7 Å². The minimum Gasteiger partial charge on any atom is -0.368 e. The molecule has 0 saturated carbocycles. The average Bonchev–Trinajstić information content (AvgIpc) is 2.76. The van der Waals surface area contributed by atoms with Crippen LogP contribution in [0.4, 0.5) is 27.6 Å². The van der Waals surface area contributed by atoms with Crippen LogP contribution < -0.4 is 10.0 Å². The van der Waals surface area contributed by atoms with Crippen LogP contribution in [0.2, 0.25) is 0 Å². The van der Waals surface area contributed by atoms with Crippen LogP contribution in [0.1, 0.15) is 27.0 Å². The van der Waals surface area contributed by atoms with Crippen molar-refractivity contribution in [2.24, 2.45) is 5.14 Å². The predicted molar refractivity (Wildman–Crippen MR) is 107 cm³/mol. The van der Waals surface area contributed by atoms with E-state index in [1.807, 2.05) is 0 Å². The summed E-state index contributed by atoms with van der Waals surface area (Å²) in [6.07, 6.45) is -4.44. The molecule has 6 nitrogen and oxygen atoms in total. The van der Waals surface area contributed by atoms with Crippen LogP contribution in [0.15, 0.2) is 41.3 Å². The standard InChI is InChI=1S/C20H20F5N3O3S/c21-11-13-9-16(32(26,30)31)10-17(18(13)12-22)19(29)28-7-5-27(6-8-28)15-3-1-14(2-4-15)20(23,24)25/h1-4,9-10H,5-8,11-12H2,(H2,26,30,31). The molecule has 0 bridgehead atoms. The number of nitrogens with two attached hydrogens (primary N) is 1. The zero-order valence-electron chi connectivity index (χ0n) is 16.7. The molecule has 0 aromatic heterocycles. The largest absolute Gasteiger partial charge is 0.416 e. The fourth-order valence-corrected chi connectivity index (χ4v) is 4.12. The van der Waals surface area contributed by atoms with Gasteiger partial charge in [-0.2, -0.15) is 13.2 Å². The molecule has 174 valence electrons. The Labute approximate surface area is 181 Å². The van der Waals surface area contributed by atoms with Crippen molar-refractivity contribution in [3.63, 3.8) is 0 Å². The maximum atomic E-state index is 13.6. The first-order valence-electron chi connectivity index (χ1n) is 9.47. The van der Waals surface area contributed by atoms with Gasteiger partial charge in [-0.1, -0.05) is 0 Å². The van der Waals surface area contributed by atoms with Gasteiger partial charge in [0.2, 0.25) is 10.0 Å². The van der Waals surface area contributed by atoms with E-state index in [0.717, 1.165) is 24.3 Å². The third-order valence-electron chi connectivity index (χ3n) is 5.28. The number of halogens is 5. The Morgan fingerprint density at radius 2 is 1.56 bits per heavy atom. The number of carbonyl (C=O) groups is 1. The molecule has 2 N–H and O–H groups in total. The molecule has 2 aromatic rings. The van der Waals surface area contributed by atoms with Crippen LogP contribution in [-0.2, 0) is 29.5 Å². The first kappa shape index (κ1) is 23.9. The van der Waals surface area contributed by atoms with Gasteiger partial charge < -0.3 is 9.80 Å². The fraction of sp³-hybridized carbons (Fsp3) is 0.350. The van der Waals surface area contributed by atoms with Gasteiger partial charge in [-0.25, -0.2) is 22.3 Å². The molecule has 0 atom stereocenters. The number of hydrogen-bond acceptors (Lipinski definition) is 4. The Bertz CT molecular complexity index is 1100. The summed E-state index contributed by atoms with van der Waals surface area (Å²) in [7, 11) is -4.25. The maximum absolute atomic E-state index is 13.6. The minimum atomic E-state index is -4.44. The van der Waals surface area contributed by atoms with Gasteiger partial charge in [-0.05, 0) is 42.0 Å². The Kier molecular flexibility index (Phi) is 6.75. The Morgan fingerprint density at radius 3 is 2.03 bits per heavy atom. The topological polar surface area (TPSA) is 83.7 Å². The molecule has 1 aliphatic heterocycles. The summed E-state index contributed by atoms with van der Waals surface area (Å²) >= 11 is 0. The van der Waals surface area contributed by atoms with Crippen LogP contribution >= 0.6 is 0 Å². The van der Waals surface area contributed by atoms with Crippen molar-refractivity contribution in [2.45, 2.75) is 24.4 Å². The lowest BCUT2D eigenvalue weighted by atomic mass is 10.0. The van der Waals surface area contributed by atoms with E-state index in [2.05, 4.69) is 0 Å². The maximum Gasteiger partial charge on any atom is 0.416 e. The normalized spacial score (nSPS) is 15.2. The summed E-state index contributed by atoms with van der Waals surface area (Å²) in [4.78, 5) is 15.6. The van der Waals surface area contributed by atoms with Gasteiger partial charge in [0.05, 0.1) is 10.5 Å². The number of rotatable bonds is 5. The van der Waals surface area contributed by atoms with Gasteiger partial charge in [-0.15, -0.1) is 0 Å². The molecule has 2 aromatic carbocycles. The molecule has 1 fully saturated rings. The second-order valence-electron chi connectivity index (χ2n) is 7.24. The number of hydrogen-bond donors (Lipinski definition) is 1. The van der Waals surface area contributed by atoms with E-state index in [1.54, 1.807) is 4.90 Å². The quantitative estimate of drug-likeness (QED) is 0.671. The predicted octanol–water partition coefficient (Wildman–Crippen LogP) is 3.25. The highest BCUT2D eigenvalue weighted by Gasteiger charge is 2.31. The van der Waals surface area contributed by atoms with Crippen LogP contribution in [0.5, 0.6) is 0 Å². The highest BCUT2D eigenvalue weighted by Crippen LogP contribution is 2.31. The summed E-state index contributed by atoms with van der Waals surface area (Å²) in [5.41, 5.74) is -1.02. The third kappa shape index (κ3) is 5.01. The van der Waals surface area contributed by atoms with Gasteiger partial charge in [-0.3, -0.25) is 4.79 Å². The van der Waals surface area contributed by atoms with Crippen LogP contribution in [-0.4, -0.2) is 45.4 Å². The van der Waals surface area contributed by atoms with E-state index in [0.29, 0.717) is 5.69 Å². The van der Waals surface area contributed by atoms with Gasteiger partial charge in [0, 0.05) is 43.0 Å². The summed E-state index contributed by atoms with van der Waals surface area (Å²) in [5.74, 6) is -0.676. The number of benzene rings is 2. The monoisotopic (exact) mass is 477 g/mol. The third-order valence-corrected chi connectivity index (χ3v) is 6.17. The summed E-state index contributed by atoms with van der Waals surface area (Å²) in [6.45, 7) is -1.48. The summed E-state index contributed by atoms with van der Waals surface area (Å²) < 4.78 is 88.5. The van der Waals surface area contributed by atoms with E-state index in [4.69, 9.17) is 5.14 Å². The molecule has 3 rings (SSSR count). The molecular formula is C20H20F5N3O3S. The van der Waals surface area contributed by atoms with E-state index < -0.39 is 45.9 Å².